The largest absolute Gasteiger partial charge is 0.463 e. The van der Waals surface area contributed by atoms with Crippen LogP contribution in [0, 0.1) is 17.8 Å². The molecular weight excluding hydrogens is 522 g/mol. The maximum absolute atomic E-state index is 13.9. The third kappa shape index (κ3) is 6.49. The molecule has 0 unspecified atom stereocenters. The van der Waals surface area contributed by atoms with Crippen LogP contribution in [0.4, 0.5) is 0 Å². The number of hydrogen-bond donors (Lipinski definition) is 0. The summed E-state index contributed by atoms with van der Waals surface area (Å²) in [5.41, 5.74) is 5.67. The van der Waals surface area contributed by atoms with Gasteiger partial charge in [-0.3, -0.25) is 4.79 Å². The van der Waals surface area contributed by atoms with Crippen LogP contribution in [0.5, 0.6) is 6.01 Å². The number of hydrogen-bond acceptors (Lipinski definition) is 5. The summed E-state index contributed by atoms with van der Waals surface area (Å²) in [4.78, 5) is 25.6. The van der Waals surface area contributed by atoms with E-state index in [1.54, 1.807) is 0 Å². The molecule has 0 spiro atoms. The van der Waals surface area contributed by atoms with Crippen LogP contribution in [-0.2, 0) is 24.2 Å². The van der Waals surface area contributed by atoms with Gasteiger partial charge in [0.25, 0.3) is 5.91 Å². The Bertz CT molecular complexity index is 1380. The van der Waals surface area contributed by atoms with Gasteiger partial charge in [-0.05, 0) is 74.3 Å². The fourth-order valence-electron chi connectivity index (χ4n) is 6.29. The summed E-state index contributed by atoms with van der Waals surface area (Å²) >= 11 is 0. The first kappa shape index (κ1) is 30.5. The lowest BCUT2D eigenvalue weighted by Crippen LogP contribution is -2.41. The number of aromatic nitrogens is 2. The third-order valence-corrected chi connectivity index (χ3v) is 9.63. The molecule has 226 valence electrons. The Balaban J connectivity index is 0.00000113. The molecule has 1 saturated heterocycles. The molecule has 2 aliphatic heterocycles. The average molecular weight is 572 g/mol. The van der Waals surface area contributed by atoms with E-state index < -0.39 is 0 Å². The molecule has 3 aliphatic rings. The Morgan fingerprint density at radius 2 is 1.67 bits per heavy atom. The van der Waals surface area contributed by atoms with Crippen molar-refractivity contribution in [2.75, 3.05) is 19.8 Å². The number of carbonyl (C=O) groups excluding carboxylic acids is 1. The summed E-state index contributed by atoms with van der Waals surface area (Å²) in [5.74, 6) is 0.0547. The van der Waals surface area contributed by atoms with Gasteiger partial charge in [0, 0.05) is 22.0 Å². The quantitative estimate of drug-likeness (QED) is 0.217. The highest BCUT2D eigenvalue weighted by atomic mass is 16.5. The zero-order chi connectivity index (χ0) is 29.7. The van der Waals surface area contributed by atoms with Gasteiger partial charge in [-0.25, -0.2) is 0 Å². The van der Waals surface area contributed by atoms with Crippen molar-refractivity contribution in [3.8, 4) is 6.01 Å². The van der Waals surface area contributed by atoms with Gasteiger partial charge in [-0.1, -0.05) is 70.9 Å². The molecule has 1 amide bonds. The molecule has 1 aliphatic carbocycles. The van der Waals surface area contributed by atoms with E-state index in [-0.39, 0.29) is 5.91 Å². The number of carbonyl (C=O) groups is 1. The van der Waals surface area contributed by atoms with Gasteiger partial charge < -0.3 is 14.4 Å². The van der Waals surface area contributed by atoms with Gasteiger partial charge >= 0.3 is 6.01 Å². The smallest absolute Gasteiger partial charge is 0.316 e. The van der Waals surface area contributed by atoms with E-state index in [0.717, 1.165) is 77.7 Å². The zero-order valence-corrected chi connectivity index (χ0v) is 26.4. The summed E-state index contributed by atoms with van der Waals surface area (Å²) < 4.78 is 11.7. The Labute approximate surface area is 252 Å². The van der Waals surface area contributed by atoms with Crippen molar-refractivity contribution in [1.82, 2.24) is 14.9 Å². The lowest BCUT2D eigenvalue weighted by Gasteiger charge is -2.41. The van der Waals surface area contributed by atoms with Crippen molar-refractivity contribution < 1.29 is 14.3 Å². The first-order valence-electron chi connectivity index (χ1n) is 16.2. The van der Waals surface area contributed by atoms with Crippen LogP contribution in [-0.4, -0.2) is 40.6 Å². The molecule has 6 heteroatoms. The van der Waals surface area contributed by atoms with Crippen molar-refractivity contribution in [2.45, 2.75) is 105 Å². The standard InChI is InChI=1S/C33H41N3O3.C3H8/c1-4-32(16-17-32)22-39-31-34-27(14-6-7-15-33(5-2)20-38-21-33)26-18-36(19-28(26)35-31)30(37)25-13-9-12-24-11-8-10-23(3)29(24)25;1-3-2/h8-13H,4-7,14-22H2,1-3H3;3H2,1-2H3. The van der Waals surface area contributed by atoms with Gasteiger partial charge in [-0.2, -0.15) is 9.97 Å². The second kappa shape index (κ2) is 13.1. The third-order valence-electron chi connectivity index (χ3n) is 9.63. The molecular formula is C36H49N3O3. The molecule has 42 heavy (non-hydrogen) atoms. The van der Waals surface area contributed by atoms with Crippen molar-refractivity contribution in [3.05, 3.63) is 64.5 Å². The molecule has 3 aromatic rings. The minimum atomic E-state index is 0.0547. The Morgan fingerprint density at radius 3 is 2.31 bits per heavy atom. The van der Waals surface area contributed by atoms with Gasteiger partial charge in [0.05, 0.1) is 44.3 Å². The van der Waals surface area contributed by atoms with E-state index in [9.17, 15) is 4.79 Å². The van der Waals surface area contributed by atoms with Gasteiger partial charge in [-0.15, -0.1) is 0 Å². The van der Waals surface area contributed by atoms with Gasteiger partial charge in [0.2, 0.25) is 0 Å². The van der Waals surface area contributed by atoms with Crippen molar-refractivity contribution in [3.63, 3.8) is 0 Å². The number of rotatable bonds is 11. The normalized spacial score (nSPS) is 17.7. The first-order chi connectivity index (χ1) is 20.4. The molecule has 2 aromatic carbocycles. The summed E-state index contributed by atoms with van der Waals surface area (Å²) in [6.07, 6.45) is 10.3. The topological polar surface area (TPSA) is 64.6 Å². The lowest BCUT2D eigenvalue weighted by molar-refractivity contribution is -0.120. The lowest BCUT2D eigenvalue weighted by atomic mass is 9.78. The number of fused-ring (bicyclic) bond motifs is 2. The number of amides is 1. The summed E-state index contributed by atoms with van der Waals surface area (Å²) in [6.45, 7) is 14.4. The van der Waals surface area contributed by atoms with Crippen LogP contribution < -0.4 is 4.74 Å². The highest BCUT2D eigenvalue weighted by molar-refractivity contribution is 6.08. The highest BCUT2D eigenvalue weighted by Gasteiger charge is 2.42. The van der Waals surface area contributed by atoms with E-state index >= 15 is 0 Å². The van der Waals surface area contributed by atoms with Crippen molar-refractivity contribution in [1.29, 1.82) is 0 Å². The number of benzene rings is 2. The number of unbranched alkanes of at least 4 members (excludes halogenated alkanes) is 1. The molecule has 0 N–H and O–H groups in total. The van der Waals surface area contributed by atoms with Crippen LogP contribution in [0.15, 0.2) is 36.4 Å². The van der Waals surface area contributed by atoms with E-state index in [1.165, 1.54) is 32.1 Å². The monoisotopic (exact) mass is 571 g/mol. The van der Waals surface area contributed by atoms with Gasteiger partial charge in [0.15, 0.2) is 0 Å². The van der Waals surface area contributed by atoms with E-state index in [0.29, 0.717) is 36.5 Å². The van der Waals surface area contributed by atoms with Crippen molar-refractivity contribution in [2.24, 2.45) is 10.8 Å². The Hall–Kier alpha value is -2.99. The zero-order valence-electron chi connectivity index (χ0n) is 26.4. The minimum absolute atomic E-state index is 0.0547. The average Bonchev–Trinajstić information content (AvgIpc) is 3.64. The summed E-state index contributed by atoms with van der Waals surface area (Å²) in [5, 5.41) is 2.13. The fourth-order valence-corrected chi connectivity index (χ4v) is 6.29. The second-order valence-electron chi connectivity index (χ2n) is 12.9. The van der Waals surface area contributed by atoms with E-state index in [1.807, 2.05) is 23.1 Å². The molecule has 6 nitrogen and oxygen atoms in total. The maximum Gasteiger partial charge on any atom is 0.316 e. The highest BCUT2D eigenvalue weighted by Crippen LogP contribution is 2.48. The summed E-state index contributed by atoms with van der Waals surface area (Å²) in [7, 11) is 0. The Morgan fingerprint density at radius 1 is 0.952 bits per heavy atom. The van der Waals surface area contributed by atoms with Crippen LogP contribution in [0.25, 0.3) is 10.8 Å². The molecule has 0 radical (unpaired) electrons. The number of ether oxygens (including phenoxy) is 2. The minimum Gasteiger partial charge on any atom is -0.463 e. The van der Waals surface area contributed by atoms with Crippen LogP contribution >= 0.6 is 0 Å². The molecule has 2 fully saturated rings. The van der Waals surface area contributed by atoms with Crippen molar-refractivity contribution >= 4 is 16.7 Å². The molecule has 0 bridgehead atoms. The predicted octanol–water partition coefficient (Wildman–Crippen LogP) is 8.22. The maximum atomic E-state index is 13.9. The molecule has 1 aromatic heterocycles. The van der Waals surface area contributed by atoms with Crippen LogP contribution in [0.2, 0.25) is 0 Å². The molecule has 0 atom stereocenters. The Kier molecular flexibility index (Phi) is 9.51. The van der Waals surface area contributed by atoms with E-state index in [4.69, 9.17) is 19.4 Å². The SMILES string of the molecule is CCC.CCC1(CCCCc2nc(OCC3(CC)CC3)nc3c2CN(C(=O)c2cccc4cccc(C)c24)C3)COC1. The van der Waals surface area contributed by atoms with E-state index in [2.05, 4.69) is 52.8 Å². The number of aryl methyl sites for hydroxylation is 2. The van der Waals surface area contributed by atoms with Crippen LogP contribution in [0.3, 0.4) is 0 Å². The summed E-state index contributed by atoms with van der Waals surface area (Å²) in [6, 6.07) is 12.7. The molecule has 1 saturated carbocycles. The fraction of sp³-hybridized carbons (Fsp3) is 0.583. The molecule has 6 rings (SSSR count). The predicted molar refractivity (Wildman–Crippen MR) is 169 cm³/mol. The first-order valence-corrected chi connectivity index (χ1v) is 16.2. The van der Waals surface area contributed by atoms with Crippen LogP contribution in [0.1, 0.15) is 112 Å². The molecule has 3 heterocycles. The van der Waals surface area contributed by atoms with Gasteiger partial charge in [0.1, 0.15) is 0 Å². The second-order valence-corrected chi connectivity index (χ2v) is 12.9. The number of nitrogens with zero attached hydrogens (tertiary/aromatic N) is 3.